The number of hydrogen-bond acceptors (Lipinski definition) is 6. The normalized spacial score (nSPS) is 11.2. The molecule has 0 saturated carbocycles. The van der Waals surface area contributed by atoms with Crippen molar-refractivity contribution in [3.05, 3.63) is 90.0 Å². The monoisotopic (exact) mass is 481 g/mol. The molecule has 34 heavy (non-hydrogen) atoms. The molecule has 0 atom stereocenters. The van der Waals surface area contributed by atoms with Gasteiger partial charge in [0.1, 0.15) is 13.2 Å². The number of amides is 1. The number of sulfonamides is 1. The lowest BCUT2D eigenvalue weighted by Gasteiger charge is -2.21. The molecule has 0 aliphatic carbocycles. The highest BCUT2D eigenvalue weighted by Crippen LogP contribution is 2.29. The first-order valence-corrected chi connectivity index (χ1v) is 12.5. The lowest BCUT2D eigenvalue weighted by Crippen LogP contribution is -2.38. The van der Waals surface area contributed by atoms with Gasteiger partial charge >= 0.3 is 0 Å². The van der Waals surface area contributed by atoms with Crippen molar-refractivity contribution in [3.63, 3.8) is 0 Å². The minimum absolute atomic E-state index is 0.392. The van der Waals surface area contributed by atoms with Crippen LogP contribution in [0.4, 0.5) is 5.69 Å². The van der Waals surface area contributed by atoms with E-state index >= 15 is 0 Å². The molecule has 0 unspecified atom stereocenters. The third-order valence-electron chi connectivity index (χ3n) is 4.64. The molecule has 0 aliphatic heterocycles. The number of anilines is 1. The predicted molar refractivity (Wildman–Crippen MR) is 133 cm³/mol. The minimum atomic E-state index is -3.64. The molecule has 0 heterocycles. The maximum Gasteiger partial charge on any atom is 0.260 e. The van der Waals surface area contributed by atoms with Crippen LogP contribution < -0.4 is 19.2 Å². The zero-order valence-electron chi connectivity index (χ0n) is 19.0. The summed E-state index contributed by atoms with van der Waals surface area (Å²) < 4.78 is 36.8. The Morgan fingerprint density at radius 2 is 1.65 bits per heavy atom. The van der Waals surface area contributed by atoms with Gasteiger partial charge in [0.2, 0.25) is 10.0 Å². The lowest BCUT2D eigenvalue weighted by atomic mass is 10.2. The van der Waals surface area contributed by atoms with Crippen LogP contribution in [0.5, 0.6) is 11.5 Å². The smallest absolute Gasteiger partial charge is 0.260 e. The summed E-state index contributed by atoms with van der Waals surface area (Å²) in [4.78, 5) is 12.3. The van der Waals surface area contributed by atoms with Gasteiger partial charge in [0.25, 0.3) is 5.91 Å². The van der Waals surface area contributed by atoms with E-state index in [1.54, 1.807) is 48.5 Å². The second-order valence-corrected chi connectivity index (χ2v) is 9.22. The Kier molecular flexibility index (Phi) is 8.64. The van der Waals surface area contributed by atoms with E-state index in [4.69, 9.17) is 9.47 Å². The van der Waals surface area contributed by atoms with Crippen molar-refractivity contribution in [2.45, 2.75) is 13.5 Å². The van der Waals surface area contributed by atoms with Crippen molar-refractivity contribution in [2.75, 3.05) is 23.7 Å². The standard InChI is InChI=1S/C25H27N3O5S/c1-3-32-24-16-21(14-15-23(24)33-19-20-10-6-4-7-11-20)17-26-27-25(29)18-28(34(2,30)31)22-12-8-5-9-13-22/h4-17H,3,18-19H2,1-2H3,(H,27,29)/b26-17-. The maximum atomic E-state index is 12.3. The van der Waals surface area contributed by atoms with Crippen LogP contribution >= 0.6 is 0 Å². The van der Waals surface area contributed by atoms with Crippen molar-refractivity contribution < 1.29 is 22.7 Å². The summed E-state index contributed by atoms with van der Waals surface area (Å²) in [5.74, 6) is 0.581. The molecule has 1 amide bonds. The second kappa shape index (κ2) is 11.9. The Morgan fingerprint density at radius 3 is 2.29 bits per heavy atom. The summed E-state index contributed by atoms with van der Waals surface area (Å²) in [6.07, 6.45) is 2.50. The number of hydrazone groups is 1. The van der Waals surface area contributed by atoms with Crippen LogP contribution in [-0.4, -0.2) is 39.9 Å². The average Bonchev–Trinajstić information content (AvgIpc) is 2.83. The van der Waals surface area contributed by atoms with Crippen molar-refractivity contribution in [2.24, 2.45) is 5.10 Å². The fourth-order valence-corrected chi connectivity index (χ4v) is 3.92. The molecule has 0 bridgehead atoms. The fourth-order valence-electron chi connectivity index (χ4n) is 3.07. The van der Waals surface area contributed by atoms with Crippen molar-refractivity contribution in [1.29, 1.82) is 0 Å². The third-order valence-corrected chi connectivity index (χ3v) is 5.78. The number of carbonyl (C=O) groups is 1. The van der Waals surface area contributed by atoms with E-state index in [9.17, 15) is 13.2 Å². The van der Waals surface area contributed by atoms with E-state index in [-0.39, 0.29) is 0 Å². The van der Waals surface area contributed by atoms with E-state index in [2.05, 4.69) is 10.5 Å². The summed E-state index contributed by atoms with van der Waals surface area (Å²) in [6, 6.07) is 23.5. The van der Waals surface area contributed by atoms with Crippen molar-refractivity contribution in [1.82, 2.24) is 5.43 Å². The van der Waals surface area contributed by atoms with Crippen LogP contribution in [0.2, 0.25) is 0 Å². The summed E-state index contributed by atoms with van der Waals surface area (Å²) >= 11 is 0. The van der Waals surface area contributed by atoms with Crippen LogP contribution in [0.1, 0.15) is 18.1 Å². The summed E-state index contributed by atoms with van der Waals surface area (Å²) in [7, 11) is -3.64. The van der Waals surface area contributed by atoms with Crippen molar-refractivity contribution in [3.8, 4) is 11.5 Å². The molecule has 0 fully saturated rings. The minimum Gasteiger partial charge on any atom is -0.490 e. The molecule has 0 spiro atoms. The highest BCUT2D eigenvalue weighted by molar-refractivity contribution is 7.92. The first-order valence-electron chi connectivity index (χ1n) is 10.6. The van der Waals surface area contributed by atoms with E-state index in [1.807, 2.05) is 37.3 Å². The Hall–Kier alpha value is -3.85. The fraction of sp³-hybridized carbons (Fsp3) is 0.200. The summed E-state index contributed by atoms with van der Waals surface area (Å²) in [5.41, 5.74) is 4.49. The topological polar surface area (TPSA) is 97.3 Å². The van der Waals surface area contributed by atoms with Gasteiger partial charge in [-0.3, -0.25) is 9.10 Å². The molecular weight excluding hydrogens is 454 g/mol. The molecule has 0 aromatic heterocycles. The number of carbonyl (C=O) groups excluding carboxylic acids is 1. The van der Waals surface area contributed by atoms with Crippen LogP contribution in [-0.2, 0) is 21.4 Å². The van der Waals surface area contributed by atoms with Gasteiger partial charge in [0.15, 0.2) is 11.5 Å². The van der Waals surface area contributed by atoms with E-state index in [0.717, 1.165) is 16.1 Å². The summed E-state index contributed by atoms with van der Waals surface area (Å²) in [6.45, 7) is 2.35. The van der Waals surface area contributed by atoms with Gasteiger partial charge in [-0.2, -0.15) is 5.10 Å². The first-order chi connectivity index (χ1) is 16.4. The van der Waals surface area contributed by atoms with Crippen LogP contribution in [0.15, 0.2) is 84.0 Å². The molecule has 1 N–H and O–H groups in total. The number of para-hydroxylation sites is 1. The van der Waals surface area contributed by atoms with Crippen molar-refractivity contribution >= 4 is 27.8 Å². The van der Waals surface area contributed by atoms with Crippen LogP contribution in [0.25, 0.3) is 0 Å². The highest BCUT2D eigenvalue weighted by Gasteiger charge is 2.20. The molecule has 3 aromatic rings. The van der Waals surface area contributed by atoms with Gasteiger partial charge in [0.05, 0.1) is 24.8 Å². The highest BCUT2D eigenvalue weighted by atomic mass is 32.2. The zero-order valence-corrected chi connectivity index (χ0v) is 19.9. The van der Waals surface area contributed by atoms with Crippen LogP contribution in [0.3, 0.4) is 0 Å². The van der Waals surface area contributed by atoms with E-state index in [1.165, 1.54) is 6.21 Å². The number of rotatable bonds is 11. The Balaban J connectivity index is 1.63. The number of benzene rings is 3. The van der Waals surface area contributed by atoms with Crippen LogP contribution in [0, 0.1) is 0 Å². The molecular formula is C25H27N3O5S. The largest absolute Gasteiger partial charge is 0.490 e. The Morgan fingerprint density at radius 1 is 0.971 bits per heavy atom. The maximum absolute atomic E-state index is 12.3. The Bertz CT molecular complexity index is 1220. The number of ether oxygens (including phenoxy) is 2. The molecule has 8 nitrogen and oxygen atoms in total. The van der Waals surface area contributed by atoms with Gasteiger partial charge in [-0.25, -0.2) is 13.8 Å². The Labute approximate surface area is 199 Å². The number of nitrogens with zero attached hydrogens (tertiary/aromatic N) is 2. The molecule has 178 valence electrons. The van der Waals surface area contributed by atoms with Gasteiger partial charge in [-0.1, -0.05) is 48.5 Å². The molecule has 3 aromatic carbocycles. The molecule has 3 rings (SSSR count). The SMILES string of the molecule is CCOc1cc(/C=N\NC(=O)CN(c2ccccc2)S(C)(=O)=O)ccc1OCc1ccccc1. The average molecular weight is 482 g/mol. The molecule has 9 heteroatoms. The predicted octanol–water partition coefficient (Wildman–Crippen LogP) is 3.58. The lowest BCUT2D eigenvalue weighted by molar-refractivity contribution is -0.119. The summed E-state index contributed by atoms with van der Waals surface area (Å²) in [5, 5.41) is 3.95. The van der Waals surface area contributed by atoms with Gasteiger partial charge in [0, 0.05) is 0 Å². The second-order valence-electron chi connectivity index (χ2n) is 7.31. The third kappa shape index (κ3) is 7.35. The van der Waals surface area contributed by atoms with Gasteiger partial charge in [-0.05, 0) is 48.4 Å². The number of hydrogen-bond donors (Lipinski definition) is 1. The zero-order chi connectivity index (χ0) is 24.4. The van der Waals surface area contributed by atoms with E-state index in [0.29, 0.717) is 36.0 Å². The molecule has 0 saturated heterocycles. The van der Waals surface area contributed by atoms with Gasteiger partial charge < -0.3 is 9.47 Å². The quantitative estimate of drug-likeness (QED) is 0.334. The van der Waals surface area contributed by atoms with E-state index < -0.39 is 22.5 Å². The molecule has 0 radical (unpaired) electrons. The number of nitrogens with one attached hydrogen (secondary N) is 1. The van der Waals surface area contributed by atoms with Gasteiger partial charge in [-0.15, -0.1) is 0 Å². The molecule has 0 aliphatic rings. The first kappa shape index (κ1) is 24.8.